The smallest absolute Gasteiger partial charge is 0.407 e. The summed E-state index contributed by atoms with van der Waals surface area (Å²) in [5.41, 5.74) is 2.39. The van der Waals surface area contributed by atoms with Crippen molar-refractivity contribution in [3.8, 4) is 11.1 Å². The van der Waals surface area contributed by atoms with E-state index < -0.39 is 5.60 Å². The number of likely N-dealkylation sites (tertiary alicyclic amines) is 1. The molecule has 2 fully saturated rings. The van der Waals surface area contributed by atoms with Crippen molar-refractivity contribution in [1.29, 1.82) is 0 Å². The van der Waals surface area contributed by atoms with Gasteiger partial charge in [0.15, 0.2) is 0 Å². The number of ether oxygens (including phenoxy) is 1. The Morgan fingerprint density at radius 1 is 1.00 bits per heavy atom. The van der Waals surface area contributed by atoms with Crippen molar-refractivity contribution in [2.75, 3.05) is 19.6 Å². The number of benzene rings is 2. The lowest BCUT2D eigenvalue weighted by Crippen LogP contribution is -2.48. The van der Waals surface area contributed by atoms with Crippen LogP contribution in [0.1, 0.15) is 23.2 Å². The van der Waals surface area contributed by atoms with Crippen LogP contribution in [-0.4, -0.2) is 42.1 Å². The molecule has 1 N–H and O–H groups in total. The third kappa shape index (κ3) is 3.09. The molecule has 0 aliphatic carbocycles. The first kappa shape index (κ1) is 15.7. The zero-order valence-corrected chi connectivity index (χ0v) is 13.9. The summed E-state index contributed by atoms with van der Waals surface area (Å²) in [6, 6.07) is 17.8. The molecule has 5 heteroatoms. The number of piperidine rings is 1. The molecule has 2 aliphatic heterocycles. The molecule has 128 valence electrons. The first-order valence-corrected chi connectivity index (χ1v) is 8.57. The van der Waals surface area contributed by atoms with Crippen molar-refractivity contribution in [2.24, 2.45) is 0 Å². The summed E-state index contributed by atoms with van der Waals surface area (Å²) in [6.07, 6.45) is 1.00. The Balaban J connectivity index is 1.48. The molecule has 25 heavy (non-hydrogen) atoms. The van der Waals surface area contributed by atoms with Gasteiger partial charge in [-0.25, -0.2) is 4.79 Å². The van der Waals surface area contributed by atoms with Crippen molar-refractivity contribution in [2.45, 2.75) is 18.4 Å². The van der Waals surface area contributed by atoms with Gasteiger partial charge in [-0.05, 0) is 23.3 Å². The molecule has 2 aromatic rings. The van der Waals surface area contributed by atoms with Gasteiger partial charge in [-0.2, -0.15) is 0 Å². The Kier molecular flexibility index (Phi) is 3.92. The van der Waals surface area contributed by atoms with Crippen LogP contribution in [0, 0.1) is 0 Å². The Bertz CT molecular complexity index is 796. The maximum atomic E-state index is 12.9. The fourth-order valence-electron chi connectivity index (χ4n) is 3.54. The Hall–Kier alpha value is -2.82. The third-order valence-corrected chi connectivity index (χ3v) is 5.04. The number of carbonyl (C=O) groups excluding carboxylic acids is 2. The summed E-state index contributed by atoms with van der Waals surface area (Å²) in [5.74, 6) is 0.0323. The molecule has 0 saturated carbocycles. The van der Waals surface area contributed by atoms with Gasteiger partial charge in [0.05, 0.1) is 6.54 Å². The van der Waals surface area contributed by atoms with Gasteiger partial charge in [0, 0.05) is 31.5 Å². The van der Waals surface area contributed by atoms with E-state index in [2.05, 4.69) is 5.32 Å². The summed E-state index contributed by atoms with van der Waals surface area (Å²) in [6.45, 7) is 1.74. The standard InChI is InChI=1S/C20H20N2O3/c23-18(22-11-9-20(10-12-22)14-21-19(24)25-20)17-8-4-7-16(13-17)15-5-2-1-3-6-15/h1-8,13H,9-12,14H2,(H,21,24). The molecular weight excluding hydrogens is 316 g/mol. The van der Waals surface area contributed by atoms with Crippen LogP contribution in [0.25, 0.3) is 11.1 Å². The van der Waals surface area contributed by atoms with E-state index in [1.807, 2.05) is 59.5 Å². The van der Waals surface area contributed by atoms with Crippen molar-refractivity contribution >= 4 is 12.0 Å². The number of alkyl carbamates (subject to hydrolysis) is 1. The molecule has 2 saturated heterocycles. The highest BCUT2D eigenvalue weighted by atomic mass is 16.6. The monoisotopic (exact) mass is 336 g/mol. The number of nitrogens with zero attached hydrogens (tertiary/aromatic N) is 1. The summed E-state index contributed by atoms with van der Waals surface area (Å²) in [7, 11) is 0. The second-order valence-corrected chi connectivity index (χ2v) is 6.67. The van der Waals surface area contributed by atoms with E-state index in [0.29, 0.717) is 38.0 Å². The number of hydrogen-bond donors (Lipinski definition) is 1. The molecule has 2 aromatic carbocycles. The fraction of sp³-hybridized carbons (Fsp3) is 0.300. The predicted molar refractivity (Wildman–Crippen MR) is 94.2 cm³/mol. The van der Waals surface area contributed by atoms with Gasteiger partial charge in [0.1, 0.15) is 5.60 Å². The first-order valence-electron chi connectivity index (χ1n) is 8.57. The fourth-order valence-corrected chi connectivity index (χ4v) is 3.54. The van der Waals surface area contributed by atoms with E-state index in [0.717, 1.165) is 11.1 Å². The van der Waals surface area contributed by atoms with Crippen LogP contribution in [0.2, 0.25) is 0 Å². The van der Waals surface area contributed by atoms with Crippen LogP contribution < -0.4 is 5.32 Å². The Morgan fingerprint density at radius 3 is 2.40 bits per heavy atom. The maximum absolute atomic E-state index is 12.9. The Morgan fingerprint density at radius 2 is 1.72 bits per heavy atom. The lowest BCUT2D eigenvalue weighted by molar-refractivity contribution is 0.00331. The molecule has 1 spiro atoms. The zero-order chi connectivity index (χ0) is 17.3. The third-order valence-electron chi connectivity index (χ3n) is 5.04. The number of nitrogens with one attached hydrogen (secondary N) is 1. The molecule has 0 atom stereocenters. The number of amides is 2. The van der Waals surface area contributed by atoms with Gasteiger partial charge < -0.3 is 15.0 Å². The average molecular weight is 336 g/mol. The molecule has 5 nitrogen and oxygen atoms in total. The second kappa shape index (κ2) is 6.24. The van der Waals surface area contributed by atoms with Crippen molar-refractivity contribution in [3.05, 3.63) is 60.2 Å². The number of rotatable bonds is 2. The topological polar surface area (TPSA) is 58.6 Å². The van der Waals surface area contributed by atoms with E-state index in [-0.39, 0.29) is 12.0 Å². The highest BCUT2D eigenvalue weighted by Gasteiger charge is 2.43. The van der Waals surface area contributed by atoms with E-state index in [1.165, 1.54) is 0 Å². The molecule has 4 rings (SSSR count). The van der Waals surface area contributed by atoms with Crippen LogP contribution in [0.4, 0.5) is 4.79 Å². The molecule has 0 radical (unpaired) electrons. The minimum absolute atomic E-state index is 0.0323. The van der Waals surface area contributed by atoms with Gasteiger partial charge in [0.25, 0.3) is 5.91 Å². The highest BCUT2D eigenvalue weighted by molar-refractivity contribution is 5.95. The maximum Gasteiger partial charge on any atom is 0.407 e. The first-order chi connectivity index (χ1) is 12.2. The van der Waals surface area contributed by atoms with Crippen molar-refractivity contribution < 1.29 is 14.3 Å². The van der Waals surface area contributed by atoms with Crippen LogP contribution >= 0.6 is 0 Å². The molecule has 2 aliphatic rings. The van der Waals surface area contributed by atoms with E-state index in [1.54, 1.807) is 0 Å². The summed E-state index contributed by atoms with van der Waals surface area (Å²) >= 11 is 0. The van der Waals surface area contributed by atoms with Crippen LogP contribution in [0.5, 0.6) is 0 Å². The molecule has 2 heterocycles. The minimum atomic E-state index is -0.431. The van der Waals surface area contributed by atoms with Gasteiger partial charge in [-0.3, -0.25) is 4.79 Å². The van der Waals surface area contributed by atoms with Crippen molar-refractivity contribution in [3.63, 3.8) is 0 Å². The van der Waals surface area contributed by atoms with Crippen LogP contribution in [-0.2, 0) is 4.74 Å². The lowest BCUT2D eigenvalue weighted by atomic mass is 9.91. The van der Waals surface area contributed by atoms with Gasteiger partial charge in [0.2, 0.25) is 0 Å². The number of hydrogen-bond acceptors (Lipinski definition) is 3. The van der Waals surface area contributed by atoms with Crippen LogP contribution in [0.3, 0.4) is 0 Å². The number of carbonyl (C=O) groups is 2. The quantitative estimate of drug-likeness (QED) is 0.917. The van der Waals surface area contributed by atoms with Crippen molar-refractivity contribution in [1.82, 2.24) is 10.2 Å². The van der Waals surface area contributed by atoms with Gasteiger partial charge in [-0.1, -0.05) is 42.5 Å². The molecule has 0 bridgehead atoms. The summed E-state index contributed by atoms with van der Waals surface area (Å²) in [5, 5.41) is 2.72. The molecule has 2 amide bonds. The molecule has 0 aromatic heterocycles. The van der Waals surface area contributed by atoms with Gasteiger partial charge >= 0.3 is 6.09 Å². The second-order valence-electron chi connectivity index (χ2n) is 6.67. The summed E-state index contributed by atoms with van der Waals surface area (Å²) < 4.78 is 5.41. The predicted octanol–water partition coefficient (Wildman–Crippen LogP) is 3.07. The SMILES string of the molecule is O=C1NCC2(CCN(C(=O)c3cccc(-c4ccccc4)c3)CC2)O1. The summed E-state index contributed by atoms with van der Waals surface area (Å²) in [4.78, 5) is 26.0. The molecule has 0 unspecified atom stereocenters. The Labute approximate surface area is 146 Å². The van der Waals surface area contributed by atoms with E-state index in [4.69, 9.17) is 4.74 Å². The lowest BCUT2D eigenvalue weighted by Gasteiger charge is -2.37. The molecular formula is C20H20N2O3. The highest BCUT2D eigenvalue weighted by Crippen LogP contribution is 2.30. The average Bonchev–Trinajstić information content (AvgIpc) is 3.03. The van der Waals surface area contributed by atoms with Gasteiger partial charge in [-0.15, -0.1) is 0 Å². The zero-order valence-electron chi connectivity index (χ0n) is 13.9. The van der Waals surface area contributed by atoms with E-state index >= 15 is 0 Å². The van der Waals surface area contributed by atoms with Crippen LogP contribution in [0.15, 0.2) is 54.6 Å². The minimum Gasteiger partial charge on any atom is -0.441 e. The normalized spacial score (nSPS) is 18.7. The largest absolute Gasteiger partial charge is 0.441 e. The van der Waals surface area contributed by atoms with E-state index in [9.17, 15) is 9.59 Å².